The average molecular weight is 600 g/mol. The number of aliphatic imine (C=N–C) groups is 2. The molecule has 3 aliphatic rings. The summed E-state index contributed by atoms with van der Waals surface area (Å²) in [6.45, 7) is 6.96. The third-order valence-electron chi connectivity index (χ3n) is 7.70. The van der Waals surface area contributed by atoms with E-state index in [1.807, 2.05) is 16.8 Å². The number of imidazole rings is 1. The Labute approximate surface area is 247 Å². The van der Waals surface area contributed by atoms with Crippen LogP contribution in [-0.2, 0) is 15.0 Å². The Hall–Kier alpha value is -3.86. The number of hydrogen-bond acceptors (Lipinski definition) is 13. The van der Waals surface area contributed by atoms with E-state index in [2.05, 4.69) is 29.8 Å². The van der Waals surface area contributed by atoms with Crippen molar-refractivity contribution in [2.24, 2.45) is 15.7 Å². The van der Waals surface area contributed by atoms with Crippen LogP contribution in [0.15, 0.2) is 28.2 Å². The first-order valence-corrected chi connectivity index (χ1v) is 14.2. The van der Waals surface area contributed by atoms with Crippen molar-refractivity contribution in [3.63, 3.8) is 0 Å². The number of nitrogens with zero attached hydrogens (tertiary/aromatic N) is 10. The fourth-order valence-electron chi connectivity index (χ4n) is 5.20. The monoisotopic (exact) mass is 599 g/mol. The minimum atomic E-state index is -2.91. The quantitative estimate of drug-likeness (QED) is 0.393. The molecule has 6 rings (SSSR count). The van der Waals surface area contributed by atoms with Gasteiger partial charge in [-0.25, -0.2) is 23.7 Å². The maximum atomic E-state index is 14.4. The number of halogens is 2. The molecule has 1 aromatic carbocycles. The normalized spacial score (nSPS) is 21.4. The van der Waals surface area contributed by atoms with Crippen LogP contribution < -0.4 is 15.4 Å². The fourth-order valence-corrected chi connectivity index (χ4v) is 5.20. The van der Waals surface area contributed by atoms with E-state index in [4.69, 9.17) is 24.9 Å². The van der Waals surface area contributed by atoms with Crippen LogP contribution in [0.4, 0.5) is 14.7 Å². The van der Waals surface area contributed by atoms with Crippen LogP contribution in [0.25, 0.3) is 17.0 Å². The summed E-state index contributed by atoms with van der Waals surface area (Å²) in [7, 11) is 3.39. The van der Waals surface area contributed by atoms with Gasteiger partial charge in [-0.15, -0.1) is 0 Å². The van der Waals surface area contributed by atoms with Crippen molar-refractivity contribution in [1.82, 2.24) is 34.3 Å². The molecule has 16 heteroatoms. The molecule has 3 aromatic rings. The zero-order valence-corrected chi connectivity index (χ0v) is 24.2. The van der Waals surface area contributed by atoms with Gasteiger partial charge >= 0.3 is 0 Å². The standard InChI is InChI=1S/C27H35F2N11O3/c1-37(6-7-38-8-12-42-13-9-38)24-31-16-27(30,17-32-24)23-34-25(39-10-14-43-15-11-39)36-26(35-23)40-18-4-3-5-19(41-2)20(18)33-22(40)21(28)29/h3-5,16,21H,6-15,17,30H2,1-2H3. The van der Waals surface area contributed by atoms with Gasteiger partial charge in [0.25, 0.3) is 6.43 Å². The summed E-state index contributed by atoms with van der Waals surface area (Å²) in [6.07, 6.45) is -1.33. The first-order valence-electron chi connectivity index (χ1n) is 14.2. The Morgan fingerprint density at radius 1 is 1.02 bits per heavy atom. The van der Waals surface area contributed by atoms with E-state index in [1.54, 1.807) is 24.4 Å². The molecule has 2 N–H and O–H groups in total. The zero-order chi connectivity index (χ0) is 30.0. The maximum Gasteiger partial charge on any atom is 0.296 e. The first kappa shape index (κ1) is 29.2. The van der Waals surface area contributed by atoms with Crippen molar-refractivity contribution >= 4 is 29.2 Å². The minimum absolute atomic E-state index is 0.0341. The number of alkyl halides is 2. The molecule has 0 spiro atoms. The molecule has 0 aliphatic carbocycles. The van der Waals surface area contributed by atoms with Crippen molar-refractivity contribution in [2.75, 3.05) is 91.3 Å². The number of rotatable bonds is 8. The van der Waals surface area contributed by atoms with E-state index in [0.717, 1.165) is 39.4 Å². The van der Waals surface area contributed by atoms with Crippen molar-refractivity contribution in [3.05, 3.63) is 29.8 Å². The van der Waals surface area contributed by atoms with E-state index >= 15 is 0 Å². The van der Waals surface area contributed by atoms with Crippen LogP contribution in [-0.4, -0.2) is 133 Å². The maximum absolute atomic E-state index is 14.4. The van der Waals surface area contributed by atoms with E-state index in [9.17, 15) is 8.78 Å². The summed E-state index contributed by atoms with van der Waals surface area (Å²) in [5.74, 6) is 0.804. The van der Waals surface area contributed by atoms with Crippen LogP contribution in [0.2, 0.25) is 0 Å². The number of hydrogen-bond donors (Lipinski definition) is 1. The lowest BCUT2D eigenvalue weighted by Gasteiger charge is -2.31. The van der Waals surface area contributed by atoms with Gasteiger partial charge in [0.1, 0.15) is 16.8 Å². The Kier molecular flexibility index (Phi) is 8.43. The zero-order valence-electron chi connectivity index (χ0n) is 24.2. The SMILES string of the molecule is COc1cccc2c1nc(C(F)F)n2-c1nc(N2CCOCC2)nc(C2(N)C=NC(N(C)CCN3CCOCC3)=NC2)n1. The molecule has 0 bridgehead atoms. The molecular formula is C27H35F2N11O3. The van der Waals surface area contributed by atoms with E-state index in [0.29, 0.717) is 49.5 Å². The molecule has 1 atom stereocenters. The summed E-state index contributed by atoms with van der Waals surface area (Å²) in [4.78, 5) is 33.6. The Balaban J connectivity index is 1.35. The van der Waals surface area contributed by atoms with Crippen molar-refractivity contribution in [1.29, 1.82) is 0 Å². The molecule has 43 heavy (non-hydrogen) atoms. The molecule has 0 saturated carbocycles. The van der Waals surface area contributed by atoms with Crippen LogP contribution in [0.5, 0.6) is 5.75 Å². The highest BCUT2D eigenvalue weighted by Crippen LogP contribution is 2.32. The van der Waals surface area contributed by atoms with E-state index in [-0.39, 0.29) is 23.8 Å². The number of para-hydroxylation sites is 1. The molecule has 2 aromatic heterocycles. The third kappa shape index (κ3) is 6.00. The molecule has 3 aliphatic heterocycles. The molecule has 0 radical (unpaired) electrons. The lowest BCUT2D eigenvalue weighted by atomic mass is 10.0. The van der Waals surface area contributed by atoms with Crippen molar-refractivity contribution in [3.8, 4) is 11.7 Å². The van der Waals surface area contributed by atoms with E-state index in [1.165, 1.54) is 11.7 Å². The summed E-state index contributed by atoms with van der Waals surface area (Å²) in [6, 6.07) is 5.02. The molecule has 0 amide bonds. The highest BCUT2D eigenvalue weighted by atomic mass is 19.3. The van der Waals surface area contributed by atoms with Gasteiger partial charge in [-0.05, 0) is 12.1 Å². The number of morpholine rings is 2. The number of nitrogens with two attached hydrogens (primary N) is 1. The number of methoxy groups -OCH3 is 1. The van der Waals surface area contributed by atoms with Crippen molar-refractivity contribution in [2.45, 2.75) is 12.0 Å². The Bertz CT molecular complexity index is 1500. The summed E-state index contributed by atoms with van der Waals surface area (Å²) in [5, 5.41) is 0. The molecule has 2 saturated heterocycles. The third-order valence-corrected chi connectivity index (χ3v) is 7.70. The van der Waals surface area contributed by atoms with Gasteiger partial charge in [0.05, 0.1) is 45.6 Å². The van der Waals surface area contributed by atoms with Crippen LogP contribution in [0, 0.1) is 0 Å². The highest BCUT2D eigenvalue weighted by molar-refractivity contribution is 5.93. The number of anilines is 1. The number of guanidine groups is 1. The Morgan fingerprint density at radius 3 is 2.42 bits per heavy atom. The molecule has 14 nitrogen and oxygen atoms in total. The second-order valence-electron chi connectivity index (χ2n) is 10.6. The minimum Gasteiger partial charge on any atom is -0.494 e. The second kappa shape index (κ2) is 12.4. The number of ether oxygens (including phenoxy) is 3. The van der Waals surface area contributed by atoms with Crippen LogP contribution in [0.3, 0.4) is 0 Å². The van der Waals surface area contributed by atoms with E-state index < -0.39 is 17.8 Å². The fraction of sp³-hybridized carbons (Fsp3) is 0.556. The van der Waals surface area contributed by atoms with Crippen LogP contribution in [0.1, 0.15) is 18.1 Å². The predicted octanol–water partition coefficient (Wildman–Crippen LogP) is 0.852. The molecular weight excluding hydrogens is 564 g/mol. The molecule has 230 valence electrons. The lowest BCUT2D eigenvalue weighted by Crippen LogP contribution is -2.48. The number of aromatic nitrogens is 5. The average Bonchev–Trinajstić information content (AvgIpc) is 3.45. The number of likely N-dealkylation sites (N-methyl/N-ethyl adjacent to an activating group) is 1. The van der Waals surface area contributed by atoms with Crippen molar-refractivity contribution < 1.29 is 23.0 Å². The van der Waals surface area contributed by atoms with Gasteiger partial charge in [-0.2, -0.15) is 15.0 Å². The van der Waals surface area contributed by atoms with Gasteiger partial charge in [-0.1, -0.05) is 6.07 Å². The molecule has 2 fully saturated rings. The van der Waals surface area contributed by atoms with Gasteiger partial charge in [0.2, 0.25) is 17.9 Å². The lowest BCUT2D eigenvalue weighted by molar-refractivity contribution is 0.0364. The van der Waals surface area contributed by atoms with Crippen LogP contribution >= 0.6 is 0 Å². The van der Waals surface area contributed by atoms with Gasteiger partial charge in [-0.3, -0.25) is 9.47 Å². The summed E-state index contributed by atoms with van der Waals surface area (Å²) in [5.41, 5.74) is 6.16. The smallest absolute Gasteiger partial charge is 0.296 e. The Morgan fingerprint density at radius 2 is 1.74 bits per heavy atom. The summed E-state index contributed by atoms with van der Waals surface area (Å²) < 4.78 is 46.3. The topological polar surface area (TPSA) is 145 Å². The highest BCUT2D eigenvalue weighted by Gasteiger charge is 2.35. The molecule has 5 heterocycles. The molecule has 1 unspecified atom stereocenters. The second-order valence-corrected chi connectivity index (χ2v) is 10.6. The predicted molar refractivity (Wildman–Crippen MR) is 156 cm³/mol. The number of fused-ring (bicyclic) bond motifs is 1. The van der Waals surface area contributed by atoms with Gasteiger partial charge in [0.15, 0.2) is 11.6 Å². The number of benzene rings is 1. The first-order chi connectivity index (χ1) is 20.9. The summed E-state index contributed by atoms with van der Waals surface area (Å²) >= 11 is 0. The van der Waals surface area contributed by atoms with Gasteiger partial charge in [0, 0.05) is 52.5 Å². The largest absolute Gasteiger partial charge is 0.494 e. The van der Waals surface area contributed by atoms with Gasteiger partial charge < -0.3 is 29.7 Å².